The monoisotopic (exact) mass is 273 g/mol. The predicted molar refractivity (Wildman–Crippen MR) is 81.4 cm³/mol. The normalized spacial score (nSPS) is 10.3. The number of nitrogens with zero attached hydrogens (tertiary/aromatic N) is 2. The van der Waals surface area contributed by atoms with Gasteiger partial charge in [-0.1, -0.05) is 6.07 Å². The zero-order valence-corrected chi connectivity index (χ0v) is 11.7. The largest absolute Gasteiger partial charge is 0.492 e. The molecule has 0 fully saturated rings. The van der Waals surface area contributed by atoms with E-state index in [-0.39, 0.29) is 5.56 Å². The molecule has 106 valence electrons. The van der Waals surface area contributed by atoms with Gasteiger partial charge in [0.25, 0.3) is 5.56 Å². The lowest BCUT2D eigenvalue weighted by Gasteiger charge is -2.14. The van der Waals surface area contributed by atoms with Gasteiger partial charge in [0.2, 0.25) is 0 Å². The third kappa shape index (κ3) is 3.54. The van der Waals surface area contributed by atoms with Crippen LogP contribution in [0.3, 0.4) is 0 Å². The summed E-state index contributed by atoms with van der Waals surface area (Å²) in [6.07, 6.45) is 1.63. The number of nitrogens with two attached hydrogens (primary N) is 1. The van der Waals surface area contributed by atoms with Gasteiger partial charge in [-0.2, -0.15) is 0 Å². The lowest BCUT2D eigenvalue weighted by atomic mass is 10.3. The molecule has 1 heterocycles. The van der Waals surface area contributed by atoms with Crippen LogP contribution in [-0.4, -0.2) is 25.3 Å². The summed E-state index contributed by atoms with van der Waals surface area (Å²) in [7, 11) is 3.96. The fourth-order valence-corrected chi connectivity index (χ4v) is 1.84. The van der Waals surface area contributed by atoms with Crippen molar-refractivity contribution in [1.82, 2.24) is 4.57 Å². The first-order chi connectivity index (χ1) is 9.56. The molecule has 0 unspecified atom stereocenters. The molecule has 2 rings (SSSR count). The van der Waals surface area contributed by atoms with E-state index in [1.54, 1.807) is 16.8 Å². The highest BCUT2D eigenvalue weighted by Crippen LogP contribution is 2.19. The first kappa shape index (κ1) is 14.0. The van der Waals surface area contributed by atoms with E-state index in [4.69, 9.17) is 10.5 Å². The molecule has 0 amide bonds. The molecule has 2 aromatic rings. The number of aromatic nitrogens is 1. The van der Waals surface area contributed by atoms with E-state index in [1.165, 1.54) is 6.07 Å². The van der Waals surface area contributed by atoms with Crippen LogP contribution in [-0.2, 0) is 6.54 Å². The molecular weight excluding hydrogens is 254 g/mol. The molecule has 0 aliphatic rings. The molecule has 5 heteroatoms. The lowest BCUT2D eigenvalue weighted by molar-refractivity contribution is 0.296. The fraction of sp³-hybridized carbons (Fsp3) is 0.267. The van der Waals surface area contributed by atoms with Gasteiger partial charge in [0.15, 0.2) is 0 Å². The number of hydrogen-bond donors (Lipinski definition) is 1. The fourth-order valence-electron chi connectivity index (χ4n) is 1.84. The number of rotatable bonds is 5. The summed E-state index contributed by atoms with van der Waals surface area (Å²) in [5.74, 6) is 0.785. The van der Waals surface area contributed by atoms with Crippen molar-refractivity contribution >= 4 is 11.4 Å². The van der Waals surface area contributed by atoms with Gasteiger partial charge in [-0.25, -0.2) is 0 Å². The molecule has 5 nitrogen and oxygen atoms in total. The first-order valence-corrected chi connectivity index (χ1v) is 6.42. The summed E-state index contributed by atoms with van der Waals surface area (Å²) in [5, 5.41) is 0. The van der Waals surface area contributed by atoms with Crippen molar-refractivity contribution < 1.29 is 4.74 Å². The Balaban J connectivity index is 1.97. The van der Waals surface area contributed by atoms with E-state index < -0.39 is 0 Å². The SMILES string of the molecule is CN(C)c1cccc(OCCn2cc(N)ccc2=O)c1. The van der Waals surface area contributed by atoms with Gasteiger partial charge >= 0.3 is 0 Å². The molecule has 2 N–H and O–H groups in total. The summed E-state index contributed by atoms with van der Waals surface area (Å²) in [5.41, 5.74) is 7.22. The average Bonchev–Trinajstić information content (AvgIpc) is 2.43. The summed E-state index contributed by atoms with van der Waals surface area (Å²) < 4.78 is 7.22. The zero-order valence-electron chi connectivity index (χ0n) is 11.7. The lowest BCUT2D eigenvalue weighted by Crippen LogP contribution is -2.22. The number of pyridine rings is 1. The number of benzene rings is 1. The number of anilines is 2. The maximum absolute atomic E-state index is 11.6. The quantitative estimate of drug-likeness (QED) is 0.898. The molecule has 0 saturated carbocycles. The first-order valence-electron chi connectivity index (χ1n) is 6.42. The van der Waals surface area contributed by atoms with Gasteiger partial charge in [-0.05, 0) is 18.2 Å². The molecule has 0 atom stereocenters. The molecule has 0 aliphatic carbocycles. The van der Waals surface area contributed by atoms with Crippen LogP contribution in [0.1, 0.15) is 0 Å². The zero-order chi connectivity index (χ0) is 14.5. The Kier molecular flexibility index (Phi) is 4.30. The Morgan fingerprint density at radius 2 is 2.05 bits per heavy atom. The second-order valence-electron chi connectivity index (χ2n) is 4.73. The smallest absolute Gasteiger partial charge is 0.250 e. The van der Waals surface area contributed by atoms with Crippen LogP contribution in [0.15, 0.2) is 47.4 Å². The highest BCUT2D eigenvalue weighted by molar-refractivity contribution is 5.49. The number of hydrogen-bond acceptors (Lipinski definition) is 4. The highest BCUT2D eigenvalue weighted by atomic mass is 16.5. The van der Waals surface area contributed by atoms with Crippen molar-refractivity contribution in [2.45, 2.75) is 6.54 Å². The molecule has 0 saturated heterocycles. The maximum atomic E-state index is 11.6. The van der Waals surface area contributed by atoms with Crippen LogP contribution < -0.4 is 20.9 Å². The molecule has 0 aliphatic heterocycles. The molecule has 20 heavy (non-hydrogen) atoms. The summed E-state index contributed by atoms with van der Waals surface area (Å²) in [4.78, 5) is 13.6. The Labute approximate surface area is 118 Å². The van der Waals surface area contributed by atoms with E-state index in [1.807, 2.05) is 43.3 Å². The molecule has 1 aromatic carbocycles. The van der Waals surface area contributed by atoms with Crippen LogP contribution in [0.4, 0.5) is 11.4 Å². The Bertz CT molecular complexity index is 635. The van der Waals surface area contributed by atoms with Crippen molar-refractivity contribution in [1.29, 1.82) is 0 Å². The maximum Gasteiger partial charge on any atom is 0.250 e. The Morgan fingerprint density at radius 1 is 1.25 bits per heavy atom. The Morgan fingerprint density at radius 3 is 2.80 bits per heavy atom. The van der Waals surface area contributed by atoms with Gasteiger partial charge < -0.3 is 19.9 Å². The molecule has 0 spiro atoms. The van der Waals surface area contributed by atoms with Crippen molar-refractivity contribution in [2.24, 2.45) is 0 Å². The van der Waals surface area contributed by atoms with Gasteiger partial charge in [0.05, 0.1) is 6.54 Å². The number of ether oxygens (including phenoxy) is 1. The van der Waals surface area contributed by atoms with E-state index in [9.17, 15) is 4.79 Å². The van der Waals surface area contributed by atoms with Crippen LogP contribution in [0, 0.1) is 0 Å². The van der Waals surface area contributed by atoms with Crippen LogP contribution in [0.5, 0.6) is 5.75 Å². The van der Waals surface area contributed by atoms with Crippen molar-refractivity contribution in [3.63, 3.8) is 0 Å². The van der Waals surface area contributed by atoms with E-state index >= 15 is 0 Å². The van der Waals surface area contributed by atoms with Gasteiger partial charge in [-0.3, -0.25) is 4.79 Å². The van der Waals surface area contributed by atoms with Crippen molar-refractivity contribution in [3.8, 4) is 5.75 Å². The van der Waals surface area contributed by atoms with Crippen LogP contribution in [0.2, 0.25) is 0 Å². The van der Waals surface area contributed by atoms with Crippen molar-refractivity contribution in [3.05, 3.63) is 52.9 Å². The van der Waals surface area contributed by atoms with Crippen molar-refractivity contribution in [2.75, 3.05) is 31.3 Å². The molecule has 0 radical (unpaired) electrons. The minimum atomic E-state index is -0.0788. The highest BCUT2D eigenvalue weighted by Gasteiger charge is 2.00. The van der Waals surface area contributed by atoms with Gasteiger partial charge in [0.1, 0.15) is 12.4 Å². The summed E-state index contributed by atoms with van der Waals surface area (Å²) in [6.45, 7) is 0.885. The standard InChI is InChI=1S/C15H19N3O2/c1-17(2)13-4-3-5-14(10-13)20-9-8-18-11-12(16)6-7-15(18)19/h3-7,10-11H,8-9,16H2,1-2H3. The average molecular weight is 273 g/mol. The van der Waals surface area contributed by atoms with Crippen LogP contribution >= 0.6 is 0 Å². The van der Waals surface area contributed by atoms with Gasteiger partial charge in [-0.15, -0.1) is 0 Å². The molecule has 1 aromatic heterocycles. The molecule has 0 bridgehead atoms. The van der Waals surface area contributed by atoms with E-state index in [0.717, 1.165) is 11.4 Å². The van der Waals surface area contributed by atoms with Crippen LogP contribution in [0.25, 0.3) is 0 Å². The van der Waals surface area contributed by atoms with Gasteiger partial charge in [0, 0.05) is 43.8 Å². The van der Waals surface area contributed by atoms with E-state index in [2.05, 4.69) is 0 Å². The number of nitrogen functional groups attached to an aromatic ring is 1. The topological polar surface area (TPSA) is 60.5 Å². The minimum absolute atomic E-state index is 0.0788. The third-order valence-electron chi connectivity index (χ3n) is 2.94. The van der Waals surface area contributed by atoms with E-state index in [0.29, 0.717) is 18.8 Å². The summed E-state index contributed by atoms with van der Waals surface area (Å²) in [6, 6.07) is 10.9. The summed E-state index contributed by atoms with van der Waals surface area (Å²) >= 11 is 0. The second kappa shape index (κ2) is 6.14. The minimum Gasteiger partial charge on any atom is -0.492 e. The molecular formula is C15H19N3O2. The third-order valence-corrected chi connectivity index (χ3v) is 2.94. The Hall–Kier alpha value is -2.43. The predicted octanol–water partition coefficient (Wildman–Crippen LogP) is 1.58. The second-order valence-corrected chi connectivity index (χ2v) is 4.73.